The lowest BCUT2D eigenvalue weighted by Crippen LogP contribution is -2.34. The van der Waals surface area contributed by atoms with Crippen LogP contribution in [-0.4, -0.2) is 29.6 Å². The van der Waals surface area contributed by atoms with Gasteiger partial charge in [0.15, 0.2) is 0 Å². The smallest absolute Gasteiger partial charge is 0.0931 e. The van der Waals surface area contributed by atoms with Crippen LogP contribution < -0.4 is 0 Å². The third kappa shape index (κ3) is 3.21. The number of hydrogen-bond donors (Lipinski definition) is 1. The van der Waals surface area contributed by atoms with Crippen LogP contribution in [-0.2, 0) is 0 Å². The number of rotatable bonds is 5. The fourth-order valence-electron chi connectivity index (χ4n) is 2.22. The summed E-state index contributed by atoms with van der Waals surface area (Å²) < 4.78 is 0. The minimum Gasteiger partial charge on any atom is -0.387 e. The zero-order valence-electron chi connectivity index (χ0n) is 10.4. The second-order valence-electron chi connectivity index (χ2n) is 5.05. The van der Waals surface area contributed by atoms with Crippen molar-refractivity contribution in [1.82, 2.24) is 4.90 Å². The summed E-state index contributed by atoms with van der Waals surface area (Å²) in [5.41, 5.74) is 0.823. The van der Waals surface area contributed by atoms with Crippen molar-refractivity contribution >= 4 is 11.6 Å². The van der Waals surface area contributed by atoms with Gasteiger partial charge >= 0.3 is 0 Å². The predicted molar refractivity (Wildman–Crippen MR) is 71.2 cm³/mol. The molecule has 1 fully saturated rings. The molecule has 2 nitrogen and oxygen atoms in total. The van der Waals surface area contributed by atoms with Crippen LogP contribution in [0.15, 0.2) is 24.3 Å². The zero-order valence-corrected chi connectivity index (χ0v) is 11.2. The Balaban J connectivity index is 1.96. The molecule has 94 valence electrons. The highest BCUT2D eigenvalue weighted by Crippen LogP contribution is 2.35. The van der Waals surface area contributed by atoms with E-state index in [0.29, 0.717) is 17.6 Å². The molecular formula is C14H20ClNO. The molecule has 0 aliphatic heterocycles. The molecule has 1 N–H and O–H groups in total. The van der Waals surface area contributed by atoms with Crippen molar-refractivity contribution in [2.75, 3.05) is 13.6 Å². The van der Waals surface area contributed by atoms with E-state index in [1.54, 1.807) is 0 Å². The van der Waals surface area contributed by atoms with Gasteiger partial charge in [-0.3, -0.25) is 0 Å². The molecule has 1 aliphatic carbocycles. The first kappa shape index (κ1) is 12.9. The molecule has 2 rings (SSSR count). The van der Waals surface area contributed by atoms with Crippen LogP contribution in [0.2, 0.25) is 5.02 Å². The first-order chi connectivity index (χ1) is 8.09. The van der Waals surface area contributed by atoms with Gasteiger partial charge in [0, 0.05) is 23.2 Å². The highest BCUT2D eigenvalue weighted by Gasteiger charge is 2.31. The van der Waals surface area contributed by atoms with Crippen molar-refractivity contribution in [2.24, 2.45) is 5.92 Å². The summed E-state index contributed by atoms with van der Waals surface area (Å²) in [6.07, 6.45) is 2.15. The highest BCUT2D eigenvalue weighted by atomic mass is 35.5. The van der Waals surface area contributed by atoms with E-state index < -0.39 is 6.10 Å². The Kier molecular flexibility index (Phi) is 4.08. The molecule has 1 saturated carbocycles. The van der Waals surface area contributed by atoms with Gasteiger partial charge in [0.2, 0.25) is 0 Å². The molecule has 2 atom stereocenters. The van der Waals surface area contributed by atoms with Gasteiger partial charge in [-0.25, -0.2) is 0 Å². The molecule has 0 radical (unpaired) electrons. The maximum Gasteiger partial charge on any atom is 0.0931 e. The second kappa shape index (κ2) is 5.38. The third-order valence-corrected chi connectivity index (χ3v) is 4.07. The quantitative estimate of drug-likeness (QED) is 0.872. The number of hydrogen-bond acceptors (Lipinski definition) is 2. The monoisotopic (exact) mass is 253 g/mol. The number of nitrogens with zero attached hydrogens (tertiary/aromatic N) is 1. The molecule has 0 spiro atoms. The first-order valence-electron chi connectivity index (χ1n) is 6.22. The maximum absolute atomic E-state index is 10.2. The van der Waals surface area contributed by atoms with Crippen LogP contribution in [0.1, 0.15) is 31.4 Å². The van der Waals surface area contributed by atoms with Crippen LogP contribution in [0.25, 0.3) is 0 Å². The number of halogens is 1. The van der Waals surface area contributed by atoms with Crippen LogP contribution in [0.5, 0.6) is 0 Å². The van der Waals surface area contributed by atoms with E-state index in [0.717, 1.165) is 11.5 Å². The molecular weight excluding hydrogens is 234 g/mol. The van der Waals surface area contributed by atoms with Gasteiger partial charge in [-0.2, -0.15) is 0 Å². The van der Waals surface area contributed by atoms with Crippen LogP contribution in [0.3, 0.4) is 0 Å². The number of benzene rings is 1. The van der Waals surface area contributed by atoms with Gasteiger partial charge in [-0.1, -0.05) is 29.8 Å². The van der Waals surface area contributed by atoms with Gasteiger partial charge < -0.3 is 10.0 Å². The minimum absolute atomic E-state index is 0.505. The van der Waals surface area contributed by atoms with Crippen molar-refractivity contribution < 1.29 is 5.11 Å². The SMILES string of the molecule is C[C@@H](C1CC1)N(C)C[C@H](O)c1ccccc1Cl. The Morgan fingerprint density at radius 1 is 1.41 bits per heavy atom. The Morgan fingerprint density at radius 2 is 2.06 bits per heavy atom. The van der Waals surface area contributed by atoms with Crippen LogP contribution >= 0.6 is 11.6 Å². The van der Waals surface area contributed by atoms with Gasteiger partial charge in [-0.15, -0.1) is 0 Å². The first-order valence-corrected chi connectivity index (χ1v) is 6.60. The van der Waals surface area contributed by atoms with E-state index in [-0.39, 0.29) is 0 Å². The lowest BCUT2D eigenvalue weighted by Gasteiger charge is -2.27. The van der Waals surface area contributed by atoms with Crippen molar-refractivity contribution in [3.05, 3.63) is 34.9 Å². The van der Waals surface area contributed by atoms with Crippen molar-refractivity contribution in [2.45, 2.75) is 31.9 Å². The fourth-order valence-corrected chi connectivity index (χ4v) is 2.48. The normalized spacial score (nSPS) is 19.4. The van der Waals surface area contributed by atoms with E-state index in [9.17, 15) is 5.11 Å². The Bertz CT molecular complexity index is 378. The van der Waals surface area contributed by atoms with Crippen molar-refractivity contribution in [1.29, 1.82) is 0 Å². The molecule has 0 saturated heterocycles. The van der Waals surface area contributed by atoms with E-state index >= 15 is 0 Å². The van der Waals surface area contributed by atoms with E-state index in [4.69, 9.17) is 11.6 Å². The van der Waals surface area contributed by atoms with Gasteiger partial charge in [-0.05, 0) is 38.8 Å². The molecule has 0 heterocycles. The molecule has 0 bridgehead atoms. The Hall–Kier alpha value is -0.570. The number of likely N-dealkylation sites (N-methyl/N-ethyl adjacent to an activating group) is 1. The molecule has 3 heteroatoms. The molecule has 0 amide bonds. The summed E-state index contributed by atoms with van der Waals surface area (Å²) in [4.78, 5) is 2.23. The summed E-state index contributed by atoms with van der Waals surface area (Å²) in [6.45, 7) is 2.87. The van der Waals surface area contributed by atoms with Crippen molar-refractivity contribution in [3.8, 4) is 0 Å². The lowest BCUT2D eigenvalue weighted by molar-refractivity contribution is 0.103. The van der Waals surface area contributed by atoms with E-state index in [1.165, 1.54) is 12.8 Å². The van der Waals surface area contributed by atoms with Gasteiger partial charge in [0.25, 0.3) is 0 Å². The standard InChI is InChI=1S/C14H20ClNO/c1-10(11-7-8-11)16(2)9-14(17)12-5-3-4-6-13(12)15/h3-6,10-11,14,17H,7-9H2,1-2H3/t10-,14-/m0/s1. The van der Waals surface area contributed by atoms with Crippen LogP contribution in [0.4, 0.5) is 0 Å². The summed E-state index contributed by atoms with van der Waals surface area (Å²) in [5.74, 6) is 0.818. The largest absolute Gasteiger partial charge is 0.387 e. The topological polar surface area (TPSA) is 23.5 Å². The Morgan fingerprint density at radius 3 is 2.65 bits per heavy atom. The molecule has 1 aliphatic rings. The summed E-state index contributed by atoms with van der Waals surface area (Å²) in [5, 5.41) is 10.8. The zero-order chi connectivity index (χ0) is 12.4. The predicted octanol–water partition coefficient (Wildman–Crippen LogP) is 3.10. The Labute approximate surface area is 108 Å². The summed E-state index contributed by atoms with van der Waals surface area (Å²) >= 11 is 6.08. The molecule has 1 aromatic carbocycles. The molecule has 17 heavy (non-hydrogen) atoms. The van der Waals surface area contributed by atoms with Crippen LogP contribution in [0, 0.1) is 5.92 Å². The number of aliphatic hydroxyl groups is 1. The highest BCUT2D eigenvalue weighted by molar-refractivity contribution is 6.31. The summed E-state index contributed by atoms with van der Waals surface area (Å²) in [7, 11) is 2.07. The number of aliphatic hydroxyl groups excluding tert-OH is 1. The molecule has 0 unspecified atom stereocenters. The second-order valence-corrected chi connectivity index (χ2v) is 5.46. The lowest BCUT2D eigenvalue weighted by atomic mass is 10.1. The van der Waals surface area contributed by atoms with E-state index in [2.05, 4.69) is 18.9 Å². The van der Waals surface area contributed by atoms with Gasteiger partial charge in [0.1, 0.15) is 0 Å². The molecule has 0 aromatic heterocycles. The minimum atomic E-state index is -0.505. The molecule has 1 aromatic rings. The maximum atomic E-state index is 10.2. The van der Waals surface area contributed by atoms with E-state index in [1.807, 2.05) is 24.3 Å². The van der Waals surface area contributed by atoms with Crippen molar-refractivity contribution in [3.63, 3.8) is 0 Å². The average molecular weight is 254 g/mol. The fraction of sp³-hybridized carbons (Fsp3) is 0.571. The van der Waals surface area contributed by atoms with Gasteiger partial charge in [0.05, 0.1) is 6.10 Å². The third-order valence-electron chi connectivity index (χ3n) is 3.72. The average Bonchev–Trinajstić information content (AvgIpc) is 3.12. The summed E-state index contributed by atoms with van der Waals surface area (Å²) in [6, 6.07) is 8.06.